The molecule has 0 atom stereocenters. The third-order valence-corrected chi connectivity index (χ3v) is 2.00. The Hall–Kier alpha value is -0.740. The number of hydrogen-bond donors (Lipinski definition) is 2. The van der Waals surface area contributed by atoms with Gasteiger partial charge in [-0.15, -0.1) is 0 Å². The van der Waals surface area contributed by atoms with Gasteiger partial charge in [0.25, 0.3) is 0 Å². The van der Waals surface area contributed by atoms with Crippen LogP contribution in [0.5, 0.6) is 0 Å². The summed E-state index contributed by atoms with van der Waals surface area (Å²) in [5.41, 5.74) is 0.729. The van der Waals surface area contributed by atoms with Crippen LogP contribution in [0.25, 0.3) is 0 Å². The van der Waals surface area contributed by atoms with Gasteiger partial charge in [-0.3, -0.25) is 0 Å². The average molecular weight is 205 g/mol. The second kappa shape index (κ2) is 2.95. The molecule has 0 aliphatic carbocycles. The highest BCUT2D eigenvalue weighted by molar-refractivity contribution is 6.34. The summed E-state index contributed by atoms with van der Waals surface area (Å²) in [6.07, 6.45) is 0. The number of rotatable bonds is 0. The molecule has 0 bridgehead atoms. The average Bonchev–Trinajstić information content (AvgIpc) is 2.04. The van der Waals surface area contributed by atoms with Crippen LogP contribution < -0.4 is 10.6 Å². The fourth-order valence-corrected chi connectivity index (χ4v) is 1.51. The van der Waals surface area contributed by atoms with Gasteiger partial charge in [-0.2, -0.15) is 4.98 Å². The van der Waals surface area contributed by atoms with Gasteiger partial charge in [-0.25, -0.2) is 4.98 Å². The number of aromatic nitrogens is 2. The summed E-state index contributed by atoms with van der Waals surface area (Å²) in [6.45, 7) is 1.63. The summed E-state index contributed by atoms with van der Waals surface area (Å²) in [5.74, 6) is 0.672. The number of nitrogens with zero attached hydrogens (tertiary/aromatic N) is 2. The highest BCUT2D eigenvalue weighted by Crippen LogP contribution is 2.29. The van der Waals surface area contributed by atoms with Crippen LogP contribution in [0.15, 0.2) is 0 Å². The SMILES string of the molecule is Clc1nc(Cl)c2c(n1)NCCN2. The van der Waals surface area contributed by atoms with Crippen molar-refractivity contribution in [3.8, 4) is 0 Å². The summed E-state index contributed by atoms with van der Waals surface area (Å²) in [7, 11) is 0. The van der Waals surface area contributed by atoms with Gasteiger partial charge < -0.3 is 10.6 Å². The molecule has 12 heavy (non-hydrogen) atoms. The van der Waals surface area contributed by atoms with E-state index in [1.165, 1.54) is 0 Å². The Kier molecular flexibility index (Phi) is 1.94. The predicted molar refractivity (Wildman–Crippen MR) is 49.0 cm³/mol. The normalized spacial score (nSPS) is 14.5. The molecule has 2 N–H and O–H groups in total. The van der Waals surface area contributed by atoms with Crippen molar-refractivity contribution in [1.82, 2.24) is 9.97 Å². The highest BCUT2D eigenvalue weighted by Gasteiger charge is 2.14. The standard InChI is InChI=1S/C6H6Cl2N4/c7-4-3-5(10-2-1-9-3)12-6(8)11-4/h9H,1-2H2,(H,10,11,12). The zero-order valence-corrected chi connectivity index (χ0v) is 7.58. The molecule has 64 valence electrons. The molecular formula is C6H6Cl2N4. The molecular weight excluding hydrogens is 199 g/mol. The Labute approximate surface area is 79.3 Å². The zero-order valence-electron chi connectivity index (χ0n) is 6.06. The monoisotopic (exact) mass is 204 g/mol. The van der Waals surface area contributed by atoms with Crippen molar-refractivity contribution >= 4 is 34.7 Å². The Bertz CT molecular complexity index is 315. The fourth-order valence-electron chi connectivity index (χ4n) is 1.06. The molecule has 0 spiro atoms. The van der Waals surface area contributed by atoms with E-state index in [4.69, 9.17) is 23.2 Å². The fraction of sp³-hybridized carbons (Fsp3) is 0.333. The first-order valence-corrected chi connectivity index (χ1v) is 4.24. The summed E-state index contributed by atoms with van der Waals surface area (Å²) < 4.78 is 0. The van der Waals surface area contributed by atoms with Crippen LogP contribution in [-0.4, -0.2) is 23.1 Å². The van der Waals surface area contributed by atoms with Crippen molar-refractivity contribution in [2.75, 3.05) is 23.7 Å². The van der Waals surface area contributed by atoms with Crippen molar-refractivity contribution in [3.63, 3.8) is 0 Å². The summed E-state index contributed by atoms with van der Waals surface area (Å²) in [6, 6.07) is 0. The zero-order chi connectivity index (χ0) is 8.55. The minimum absolute atomic E-state index is 0.162. The highest BCUT2D eigenvalue weighted by atomic mass is 35.5. The maximum absolute atomic E-state index is 5.81. The second-order valence-corrected chi connectivity index (χ2v) is 3.06. The van der Waals surface area contributed by atoms with Crippen LogP contribution >= 0.6 is 23.2 Å². The molecule has 0 saturated heterocycles. The number of nitrogens with one attached hydrogen (secondary N) is 2. The second-order valence-electron chi connectivity index (χ2n) is 2.36. The largest absolute Gasteiger partial charge is 0.378 e. The van der Waals surface area contributed by atoms with E-state index in [9.17, 15) is 0 Å². The molecule has 6 heteroatoms. The number of halogens is 2. The van der Waals surface area contributed by atoms with E-state index in [0.717, 1.165) is 18.8 Å². The lowest BCUT2D eigenvalue weighted by atomic mass is 10.4. The van der Waals surface area contributed by atoms with Crippen LogP contribution in [0.4, 0.5) is 11.5 Å². The lowest BCUT2D eigenvalue weighted by Crippen LogP contribution is -2.22. The van der Waals surface area contributed by atoms with Crippen molar-refractivity contribution in [1.29, 1.82) is 0 Å². The van der Waals surface area contributed by atoms with Crippen LogP contribution in [-0.2, 0) is 0 Å². The van der Waals surface area contributed by atoms with Crippen LogP contribution in [0, 0.1) is 0 Å². The molecule has 0 radical (unpaired) electrons. The molecule has 1 aliphatic rings. The van der Waals surface area contributed by atoms with Crippen LogP contribution in [0.2, 0.25) is 10.4 Å². The quantitative estimate of drug-likeness (QED) is 0.499. The van der Waals surface area contributed by atoms with Crippen molar-refractivity contribution in [2.24, 2.45) is 0 Å². The third-order valence-electron chi connectivity index (χ3n) is 1.56. The third kappa shape index (κ3) is 1.28. The molecule has 1 aliphatic heterocycles. The van der Waals surface area contributed by atoms with Gasteiger partial charge in [0.1, 0.15) is 5.69 Å². The number of fused-ring (bicyclic) bond motifs is 1. The molecule has 0 amide bonds. The predicted octanol–water partition coefficient (Wildman–Crippen LogP) is 1.62. The lowest BCUT2D eigenvalue weighted by Gasteiger charge is -2.18. The smallest absolute Gasteiger partial charge is 0.225 e. The minimum Gasteiger partial charge on any atom is -0.378 e. The molecule has 2 rings (SSSR count). The van der Waals surface area contributed by atoms with E-state index in [1.807, 2.05) is 0 Å². The van der Waals surface area contributed by atoms with Crippen molar-refractivity contribution in [3.05, 3.63) is 10.4 Å². The van der Waals surface area contributed by atoms with Gasteiger partial charge in [0, 0.05) is 13.1 Å². The van der Waals surface area contributed by atoms with Crippen LogP contribution in [0.3, 0.4) is 0 Å². The summed E-state index contributed by atoms with van der Waals surface area (Å²) >= 11 is 11.4. The molecule has 0 fully saturated rings. The van der Waals surface area contributed by atoms with Crippen molar-refractivity contribution < 1.29 is 0 Å². The molecule has 1 aromatic heterocycles. The van der Waals surface area contributed by atoms with E-state index in [2.05, 4.69) is 20.6 Å². The summed E-state index contributed by atoms with van der Waals surface area (Å²) in [5, 5.41) is 6.66. The molecule has 2 heterocycles. The van der Waals surface area contributed by atoms with E-state index in [0.29, 0.717) is 11.0 Å². The Balaban J connectivity index is 2.53. The topological polar surface area (TPSA) is 49.8 Å². The first-order valence-electron chi connectivity index (χ1n) is 3.48. The van der Waals surface area contributed by atoms with Gasteiger partial charge in [0.2, 0.25) is 5.28 Å². The Morgan fingerprint density at radius 1 is 1.08 bits per heavy atom. The number of hydrogen-bond acceptors (Lipinski definition) is 4. The van der Waals surface area contributed by atoms with E-state index < -0.39 is 0 Å². The Morgan fingerprint density at radius 2 is 1.83 bits per heavy atom. The number of anilines is 2. The maximum atomic E-state index is 5.81. The van der Waals surface area contributed by atoms with Gasteiger partial charge in [-0.1, -0.05) is 11.6 Å². The van der Waals surface area contributed by atoms with Crippen LogP contribution in [0.1, 0.15) is 0 Å². The first-order chi connectivity index (χ1) is 5.77. The van der Waals surface area contributed by atoms with E-state index in [-0.39, 0.29) is 5.28 Å². The molecule has 4 nitrogen and oxygen atoms in total. The van der Waals surface area contributed by atoms with Gasteiger partial charge in [0.05, 0.1) is 0 Å². The molecule has 1 aromatic rings. The van der Waals surface area contributed by atoms with Gasteiger partial charge in [-0.05, 0) is 11.6 Å². The lowest BCUT2D eigenvalue weighted by molar-refractivity contribution is 0.999. The maximum Gasteiger partial charge on any atom is 0.225 e. The summed E-state index contributed by atoms with van der Waals surface area (Å²) in [4.78, 5) is 7.77. The Morgan fingerprint density at radius 3 is 2.67 bits per heavy atom. The molecule has 0 aromatic carbocycles. The van der Waals surface area contributed by atoms with Gasteiger partial charge >= 0.3 is 0 Å². The van der Waals surface area contributed by atoms with Gasteiger partial charge in [0.15, 0.2) is 11.0 Å². The van der Waals surface area contributed by atoms with Crippen molar-refractivity contribution in [2.45, 2.75) is 0 Å². The van der Waals surface area contributed by atoms with E-state index in [1.54, 1.807) is 0 Å². The first kappa shape index (κ1) is 7.89. The molecule has 0 unspecified atom stereocenters. The molecule has 0 saturated carbocycles. The van der Waals surface area contributed by atoms with E-state index >= 15 is 0 Å². The minimum atomic E-state index is 0.162.